The SMILES string of the molecule is COc1ccc(C(=C(Cc2ccccc2)c2ccc(N(c3ccc(C=CC(C)=C(c4ccc5ccccc5c4)c4ccc5ccccc5c4)cc3)c3ccc4c(c3)CCCC4)cc2)c2ccc(CO)cc2)cc1. The van der Waals surface area contributed by atoms with E-state index in [0.29, 0.717) is 0 Å². The van der Waals surface area contributed by atoms with Crippen molar-refractivity contribution < 1.29 is 9.84 Å². The molecule has 0 unspecified atom stereocenters. The zero-order chi connectivity index (χ0) is 49.5. The van der Waals surface area contributed by atoms with Crippen molar-refractivity contribution in [1.29, 1.82) is 0 Å². The second-order valence-corrected chi connectivity index (χ2v) is 19.2. The molecule has 0 amide bonds. The fraction of sp³-hybridized carbons (Fsp3) is 0.114. The first kappa shape index (κ1) is 46.9. The number of methoxy groups -OCH3 is 1. The van der Waals surface area contributed by atoms with Crippen molar-refractivity contribution in [1.82, 2.24) is 0 Å². The number of aryl methyl sites for hydroxylation is 2. The summed E-state index contributed by atoms with van der Waals surface area (Å²) in [6, 6.07) is 83.5. The molecule has 10 aromatic rings. The molecule has 1 aliphatic carbocycles. The lowest BCUT2D eigenvalue weighted by Gasteiger charge is -2.28. The van der Waals surface area contributed by atoms with Gasteiger partial charge in [0.15, 0.2) is 0 Å². The fourth-order valence-electron chi connectivity index (χ4n) is 10.7. The zero-order valence-corrected chi connectivity index (χ0v) is 41.6. The Morgan fingerprint density at radius 3 is 1.59 bits per heavy atom. The molecule has 3 heteroatoms. The van der Waals surface area contributed by atoms with Gasteiger partial charge in [0.05, 0.1) is 13.7 Å². The minimum absolute atomic E-state index is 0.00230. The van der Waals surface area contributed by atoms with E-state index in [1.54, 1.807) is 7.11 Å². The van der Waals surface area contributed by atoms with Gasteiger partial charge in [-0.15, -0.1) is 0 Å². The molecule has 73 heavy (non-hydrogen) atoms. The maximum atomic E-state index is 9.98. The van der Waals surface area contributed by atoms with Crippen molar-refractivity contribution in [3.8, 4) is 5.75 Å². The monoisotopic (exact) mass is 945 g/mol. The lowest BCUT2D eigenvalue weighted by Crippen LogP contribution is -2.12. The molecule has 0 fully saturated rings. The van der Waals surface area contributed by atoms with Gasteiger partial charge in [-0.2, -0.15) is 0 Å². The number of fused-ring (bicyclic) bond motifs is 3. The van der Waals surface area contributed by atoms with Crippen LogP contribution in [0.15, 0.2) is 242 Å². The summed E-state index contributed by atoms with van der Waals surface area (Å²) in [6.07, 6.45) is 9.96. The molecule has 0 spiro atoms. The van der Waals surface area contributed by atoms with E-state index in [1.165, 1.54) is 78.9 Å². The number of anilines is 3. The molecule has 1 aliphatic rings. The second-order valence-electron chi connectivity index (χ2n) is 19.2. The number of allylic oxidation sites excluding steroid dienone is 3. The Bertz CT molecular complexity index is 3510. The smallest absolute Gasteiger partial charge is 0.118 e. The molecule has 0 saturated carbocycles. The molecule has 1 N–H and O–H groups in total. The molecule has 0 aromatic heterocycles. The highest BCUT2D eigenvalue weighted by molar-refractivity contribution is 6.00. The average Bonchev–Trinajstić information content (AvgIpc) is 3.45. The first-order valence-corrected chi connectivity index (χ1v) is 25.6. The fourth-order valence-corrected chi connectivity index (χ4v) is 10.7. The van der Waals surface area contributed by atoms with Crippen molar-refractivity contribution in [2.45, 2.75) is 45.6 Å². The van der Waals surface area contributed by atoms with Crippen LogP contribution in [0.4, 0.5) is 17.1 Å². The van der Waals surface area contributed by atoms with Gasteiger partial charge < -0.3 is 14.7 Å². The number of aliphatic hydroxyl groups is 1. The quantitative estimate of drug-likeness (QED) is 0.0871. The van der Waals surface area contributed by atoms with E-state index < -0.39 is 0 Å². The highest BCUT2D eigenvalue weighted by Crippen LogP contribution is 2.41. The molecule has 0 radical (unpaired) electrons. The summed E-state index contributed by atoms with van der Waals surface area (Å²) in [4.78, 5) is 2.41. The van der Waals surface area contributed by atoms with Gasteiger partial charge >= 0.3 is 0 Å². The third-order valence-electron chi connectivity index (χ3n) is 14.5. The van der Waals surface area contributed by atoms with Gasteiger partial charge in [0.25, 0.3) is 0 Å². The molecular weight excluding hydrogens is 887 g/mol. The Morgan fingerprint density at radius 1 is 0.466 bits per heavy atom. The van der Waals surface area contributed by atoms with E-state index in [4.69, 9.17) is 4.74 Å². The number of rotatable bonds is 14. The third-order valence-corrected chi connectivity index (χ3v) is 14.5. The van der Waals surface area contributed by atoms with Crippen molar-refractivity contribution in [3.63, 3.8) is 0 Å². The summed E-state index contributed by atoms with van der Waals surface area (Å²) < 4.78 is 5.60. The maximum Gasteiger partial charge on any atom is 0.118 e. The van der Waals surface area contributed by atoms with Crippen molar-refractivity contribution in [2.75, 3.05) is 12.0 Å². The first-order valence-electron chi connectivity index (χ1n) is 25.6. The molecule has 0 heterocycles. The number of hydrogen-bond donors (Lipinski definition) is 1. The van der Waals surface area contributed by atoms with Gasteiger partial charge in [-0.1, -0.05) is 182 Å². The maximum absolute atomic E-state index is 9.98. The van der Waals surface area contributed by atoms with Crippen LogP contribution in [0.3, 0.4) is 0 Å². The molecular formula is C70H59NO2. The lowest BCUT2D eigenvalue weighted by molar-refractivity contribution is 0.282. The van der Waals surface area contributed by atoms with Crippen LogP contribution in [0, 0.1) is 0 Å². The van der Waals surface area contributed by atoms with Crippen LogP contribution in [-0.4, -0.2) is 12.2 Å². The first-order chi connectivity index (χ1) is 36.0. The molecule has 0 saturated heterocycles. The summed E-state index contributed by atoms with van der Waals surface area (Å²) in [7, 11) is 1.71. The van der Waals surface area contributed by atoms with Crippen LogP contribution >= 0.6 is 0 Å². The van der Waals surface area contributed by atoms with Crippen LogP contribution in [0.1, 0.15) is 75.4 Å². The van der Waals surface area contributed by atoms with E-state index in [1.807, 2.05) is 24.3 Å². The normalized spacial score (nSPS) is 12.6. The van der Waals surface area contributed by atoms with E-state index in [2.05, 4.69) is 230 Å². The van der Waals surface area contributed by atoms with Crippen LogP contribution in [0.25, 0.3) is 44.3 Å². The van der Waals surface area contributed by atoms with Crippen molar-refractivity contribution in [2.24, 2.45) is 0 Å². The summed E-state index contributed by atoms with van der Waals surface area (Å²) >= 11 is 0. The predicted octanol–water partition coefficient (Wildman–Crippen LogP) is 17.6. The van der Waals surface area contributed by atoms with Gasteiger partial charge in [-0.25, -0.2) is 0 Å². The van der Waals surface area contributed by atoms with E-state index in [-0.39, 0.29) is 6.61 Å². The number of benzene rings is 10. The van der Waals surface area contributed by atoms with Gasteiger partial charge in [0.2, 0.25) is 0 Å². The van der Waals surface area contributed by atoms with Crippen LogP contribution < -0.4 is 9.64 Å². The summed E-state index contributed by atoms with van der Waals surface area (Å²) in [6.45, 7) is 2.23. The van der Waals surface area contributed by atoms with E-state index >= 15 is 0 Å². The van der Waals surface area contributed by atoms with Crippen molar-refractivity contribution >= 4 is 61.4 Å². The molecule has 0 aliphatic heterocycles. The topological polar surface area (TPSA) is 32.7 Å². The third kappa shape index (κ3) is 10.3. The van der Waals surface area contributed by atoms with Gasteiger partial charge in [-0.3, -0.25) is 0 Å². The summed E-state index contributed by atoms with van der Waals surface area (Å²) in [5.41, 5.74) is 20.0. The molecule has 356 valence electrons. The van der Waals surface area contributed by atoms with Crippen molar-refractivity contribution in [3.05, 3.63) is 298 Å². The minimum Gasteiger partial charge on any atom is -0.497 e. The standard InChI is InChI=1S/C70H59NO2/c1-49(69(62-30-28-53-14-6-9-17-59(53)45-62)63-31-29-54-15-7-10-18-60(54)46-63)20-21-50-24-37-64(38-25-50)71(66-41-32-55-16-8-11-19-61(55)47-66)65-39-33-56(34-40-65)68(44-51-12-4-3-5-13-51)70(57-26-22-52(48-72)23-27-57)58-35-42-67(73-2)43-36-58/h3-7,9-10,12-15,17-18,20-43,45-47,72H,8,11,16,19,44,48H2,1-2H3. The number of hydrogen-bond acceptors (Lipinski definition) is 3. The predicted molar refractivity (Wildman–Crippen MR) is 308 cm³/mol. The van der Waals surface area contributed by atoms with E-state index in [0.717, 1.165) is 75.5 Å². The largest absolute Gasteiger partial charge is 0.497 e. The van der Waals surface area contributed by atoms with Gasteiger partial charge in [-0.05, 0) is 199 Å². The molecule has 0 atom stereocenters. The number of nitrogens with zero attached hydrogens (tertiary/aromatic N) is 1. The van der Waals surface area contributed by atoms with Gasteiger partial charge in [0, 0.05) is 17.1 Å². The second kappa shape index (κ2) is 21.5. The number of ether oxygens (including phenoxy) is 1. The summed E-state index contributed by atoms with van der Waals surface area (Å²) in [5, 5.41) is 14.9. The molecule has 0 bridgehead atoms. The van der Waals surface area contributed by atoms with Crippen LogP contribution in [0.2, 0.25) is 0 Å². The van der Waals surface area contributed by atoms with E-state index in [9.17, 15) is 5.11 Å². The highest BCUT2D eigenvalue weighted by atomic mass is 16.5. The zero-order valence-electron chi connectivity index (χ0n) is 41.6. The minimum atomic E-state index is -0.00230. The Morgan fingerprint density at radius 2 is 0.986 bits per heavy atom. The van der Waals surface area contributed by atoms with Gasteiger partial charge in [0.1, 0.15) is 5.75 Å². The Balaban J connectivity index is 0.983. The average molecular weight is 946 g/mol. The molecule has 3 nitrogen and oxygen atoms in total. The highest BCUT2D eigenvalue weighted by Gasteiger charge is 2.20. The Hall–Kier alpha value is -8.50. The lowest BCUT2D eigenvalue weighted by atomic mass is 9.86. The Labute approximate surface area is 430 Å². The van der Waals surface area contributed by atoms with Crippen LogP contribution in [-0.2, 0) is 25.9 Å². The number of aliphatic hydroxyl groups excluding tert-OH is 1. The Kier molecular flexibility index (Phi) is 13.8. The van der Waals surface area contributed by atoms with Crippen LogP contribution in [0.5, 0.6) is 5.75 Å². The molecule has 11 rings (SSSR count). The summed E-state index contributed by atoms with van der Waals surface area (Å²) in [5.74, 6) is 0.814. The molecule has 10 aromatic carbocycles.